The van der Waals surface area contributed by atoms with E-state index >= 15 is 0 Å². The highest BCUT2D eigenvalue weighted by Gasteiger charge is 2.20. The largest absolute Gasteiger partial charge is 0.321 e. The van der Waals surface area contributed by atoms with Gasteiger partial charge in [-0.1, -0.05) is 49.2 Å². The molecule has 0 aromatic carbocycles. The molecule has 1 aromatic rings. The summed E-state index contributed by atoms with van der Waals surface area (Å²) >= 11 is 6.06. The molecule has 1 aliphatic carbocycles. The summed E-state index contributed by atoms with van der Waals surface area (Å²) in [4.78, 5) is 4.04. The molecular weight excluding hydrogens is 246 g/mol. The van der Waals surface area contributed by atoms with Gasteiger partial charge >= 0.3 is 0 Å². The smallest absolute Gasteiger partial charge is 0.214 e. The second-order valence-electron chi connectivity index (χ2n) is 3.93. The monoisotopic (exact) mass is 263 g/mol. The lowest BCUT2D eigenvalue weighted by Gasteiger charge is -2.15. The van der Waals surface area contributed by atoms with Gasteiger partial charge in [-0.15, -0.1) is 0 Å². The topological polar surface area (TPSA) is 41.6 Å². The number of hydrogen-bond donors (Lipinski definition) is 0. The number of nitriles is 1. The predicted octanol–water partition coefficient (Wildman–Crippen LogP) is 3.96. The molecule has 0 spiro atoms. The first kappa shape index (κ1) is 14.5. The maximum Gasteiger partial charge on any atom is 0.214 e. The van der Waals surface area contributed by atoms with Gasteiger partial charge < -0.3 is 4.57 Å². The van der Waals surface area contributed by atoms with Gasteiger partial charge in [-0.05, 0) is 13.3 Å². The fourth-order valence-corrected chi connectivity index (χ4v) is 2.26. The van der Waals surface area contributed by atoms with Crippen LogP contribution < -0.4 is 0 Å². The van der Waals surface area contributed by atoms with Gasteiger partial charge in [0.2, 0.25) is 5.82 Å². The standard InChI is InChI=1S/C12H12ClN3.C2H6/c1-8-3-5-9(6-4-8)11-12(13)15-10(7-14)16(11)2;1-2/h3-5,9H,6H2,1-2H3;1-2H3. The van der Waals surface area contributed by atoms with Crippen molar-refractivity contribution in [2.45, 2.75) is 33.1 Å². The summed E-state index contributed by atoms with van der Waals surface area (Å²) in [5.41, 5.74) is 2.17. The van der Waals surface area contributed by atoms with Crippen LogP contribution >= 0.6 is 11.6 Å². The van der Waals surface area contributed by atoms with Gasteiger partial charge in [0.1, 0.15) is 6.07 Å². The second-order valence-corrected chi connectivity index (χ2v) is 4.29. The Labute approximate surface area is 113 Å². The third-order valence-corrected chi connectivity index (χ3v) is 3.11. The summed E-state index contributed by atoms with van der Waals surface area (Å²) < 4.78 is 1.77. The van der Waals surface area contributed by atoms with Gasteiger partial charge in [0.15, 0.2) is 5.15 Å². The lowest BCUT2D eigenvalue weighted by atomic mass is 9.95. The molecule has 0 N–H and O–H groups in total. The Bertz CT molecular complexity index is 518. The molecule has 18 heavy (non-hydrogen) atoms. The van der Waals surface area contributed by atoms with Crippen molar-refractivity contribution in [3.8, 4) is 6.07 Å². The highest BCUT2D eigenvalue weighted by Crippen LogP contribution is 2.31. The van der Waals surface area contributed by atoms with Gasteiger partial charge in [0, 0.05) is 13.0 Å². The maximum atomic E-state index is 8.87. The Morgan fingerprint density at radius 2 is 2.17 bits per heavy atom. The first-order valence-electron chi connectivity index (χ1n) is 6.10. The first-order chi connectivity index (χ1) is 8.63. The molecule has 0 radical (unpaired) electrons. The molecule has 1 heterocycles. The fraction of sp³-hybridized carbons (Fsp3) is 0.429. The number of aromatic nitrogens is 2. The molecule has 0 amide bonds. The van der Waals surface area contributed by atoms with Gasteiger partial charge in [-0.3, -0.25) is 0 Å². The van der Waals surface area contributed by atoms with E-state index in [9.17, 15) is 0 Å². The van der Waals surface area contributed by atoms with Crippen molar-refractivity contribution in [3.05, 3.63) is 40.5 Å². The Morgan fingerprint density at radius 3 is 2.61 bits per heavy atom. The third kappa shape index (κ3) is 2.83. The van der Waals surface area contributed by atoms with E-state index in [4.69, 9.17) is 16.9 Å². The van der Waals surface area contributed by atoms with E-state index in [1.807, 2.05) is 27.0 Å². The summed E-state index contributed by atoms with van der Waals surface area (Å²) in [6, 6.07) is 2.03. The predicted molar refractivity (Wildman–Crippen MR) is 74.5 cm³/mol. The van der Waals surface area contributed by atoms with Crippen LogP contribution in [0.4, 0.5) is 0 Å². The molecule has 3 nitrogen and oxygen atoms in total. The minimum atomic E-state index is 0.218. The third-order valence-electron chi connectivity index (χ3n) is 2.83. The average molecular weight is 264 g/mol. The molecule has 0 fully saturated rings. The van der Waals surface area contributed by atoms with E-state index in [2.05, 4.69) is 30.1 Å². The molecule has 2 rings (SSSR count). The van der Waals surface area contributed by atoms with Crippen LogP contribution in [0.15, 0.2) is 23.8 Å². The van der Waals surface area contributed by atoms with E-state index in [1.165, 1.54) is 5.57 Å². The summed E-state index contributed by atoms with van der Waals surface area (Å²) in [5.74, 6) is 0.579. The zero-order valence-electron chi connectivity index (χ0n) is 11.2. The molecule has 1 unspecified atom stereocenters. The molecule has 4 heteroatoms. The number of rotatable bonds is 1. The minimum absolute atomic E-state index is 0.218. The van der Waals surface area contributed by atoms with E-state index in [0.717, 1.165) is 12.1 Å². The van der Waals surface area contributed by atoms with Crippen LogP contribution in [0.2, 0.25) is 5.15 Å². The van der Waals surface area contributed by atoms with E-state index < -0.39 is 0 Å². The summed E-state index contributed by atoms with van der Waals surface area (Å²) in [5, 5.41) is 9.31. The summed E-state index contributed by atoms with van der Waals surface area (Å²) in [6.07, 6.45) is 7.26. The van der Waals surface area contributed by atoms with Crippen molar-refractivity contribution in [1.82, 2.24) is 9.55 Å². The van der Waals surface area contributed by atoms with Crippen LogP contribution in [0.1, 0.15) is 44.6 Å². The minimum Gasteiger partial charge on any atom is -0.321 e. The molecule has 1 atom stereocenters. The SMILES string of the molecule is CC.CC1=CCC(c2c(Cl)nc(C#N)n2C)C=C1. The Balaban J connectivity index is 0.000000771. The van der Waals surface area contributed by atoms with Gasteiger partial charge in [-0.2, -0.15) is 5.26 Å². The van der Waals surface area contributed by atoms with Crippen LogP contribution in [0.5, 0.6) is 0 Å². The van der Waals surface area contributed by atoms with E-state index in [0.29, 0.717) is 11.0 Å². The number of imidazole rings is 1. The molecule has 0 aliphatic heterocycles. The average Bonchev–Trinajstić information content (AvgIpc) is 2.68. The van der Waals surface area contributed by atoms with Crippen LogP contribution in [0.25, 0.3) is 0 Å². The molecule has 0 saturated carbocycles. The van der Waals surface area contributed by atoms with Crippen molar-refractivity contribution in [2.75, 3.05) is 0 Å². The maximum absolute atomic E-state index is 8.87. The lowest BCUT2D eigenvalue weighted by molar-refractivity contribution is 0.731. The van der Waals surface area contributed by atoms with Gasteiger partial charge in [0.25, 0.3) is 0 Å². The molecule has 1 aliphatic rings. The molecule has 1 aromatic heterocycles. The van der Waals surface area contributed by atoms with Crippen molar-refractivity contribution in [2.24, 2.45) is 7.05 Å². The van der Waals surface area contributed by atoms with Crippen LogP contribution in [0, 0.1) is 11.3 Å². The Morgan fingerprint density at radius 1 is 1.50 bits per heavy atom. The normalized spacial score (nSPS) is 17.6. The zero-order valence-corrected chi connectivity index (χ0v) is 12.0. The van der Waals surface area contributed by atoms with E-state index in [1.54, 1.807) is 4.57 Å². The molecule has 0 bridgehead atoms. The lowest BCUT2D eigenvalue weighted by Crippen LogP contribution is -2.06. The van der Waals surface area contributed by atoms with E-state index in [-0.39, 0.29) is 5.92 Å². The highest BCUT2D eigenvalue weighted by molar-refractivity contribution is 6.30. The van der Waals surface area contributed by atoms with Gasteiger partial charge in [0.05, 0.1) is 5.69 Å². The number of hydrogen-bond acceptors (Lipinski definition) is 2. The van der Waals surface area contributed by atoms with Crippen molar-refractivity contribution < 1.29 is 0 Å². The molecule has 96 valence electrons. The van der Waals surface area contributed by atoms with Crippen LogP contribution in [-0.4, -0.2) is 9.55 Å². The van der Waals surface area contributed by atoms with Crippen LogP contribution in [-0.2, 0) is 7.05 Å². The first-order valence-corrected chi connectivity index (χ1v) is 6.48. The number of nitrogens with zero attached hydrogens (tertiary/aromatic N) is 3. The second kappa shape index (κ2) is 6.42. The van der Waals surface area contributed by atoms with Crippen molar-refractivity contribution in [1.29, 1.82) is 5.26 Å². The Hall–Kier alpha value is -1.53. The quantitative estimate of drug-likeness (QED) is 0.770. The molecule has 0 saturated heterocycles. The molecular formula is C14H18ClN3. The van der Waals surface area contributed by atoms with Gasteiger partial charge in [-0.25, -0.2) is 4.98 Å². The van der Waals surface area contributed by atoms with Crippen LogP contribution in [0.3, 0.4) is 0 Å². The number of halogens is 1. The number of allylic oxidation sites excluding steroid dienone is 4. The summed E-state index contributed by atoms with van der Waals surface area (Å²) in [6.45, 7) is 6.07. The highest BCUT2D eigenvalue weighted by atomic mass is 35.5. The van der Waals surface area contributed by atoms with Crippen molar-refractivity contribution in [3.63, 3.8) is 0 Å². The Kier molecular flexibility index (Phi) is 5.18. The fourth-order valence-electron chi connectivity index (χ4n) is 1.91. The zero-order chi connectivity index (χ0) is 13.7. The van der Waals surface area contributed by atoms with Crippen molar-refractivity contribution >= 4 is 11.6 Å². The summed E-state index contributed by atoms with van der Waals surface area (Å²) in [7, 11) is 1.83.